The summed E-state index contributed by atoms with van der Waals surface area (Å²) >= 11 is 5.88. The molecule has 3 rings (SSSR count). The highest BCUT2D eigenvalue weighted by atomic mass is 35.5. The number of carbonyl (C=O) groups is 1. The molecule has 0 aliphatic heterocycles. The Bertz CT molecular complexity index is 877. The first-order valence-corrected chi connectivity index (χ1v) is 8.81. The lowest BCUT2D eigenvalue weighted by molar-refractivity contribution is 0.102. The molecule has 0 saturated carbocycles. The lowest BCUT2D eigenvalue weighted by Gasteiger charge is -2.09. The molecule has 0 spiro atoms. The van der Waals surface area contributed by atoms with Crippen molar-refractivity contribution in [2.24, 2.45) is 0 Å². The summed E-state index contributed by atoms with van der Waals surface area (Å²) in [5.74, 6) is 0.640. The quantitative estimate of drug-likeness (QED) is 0.649. The summed E-state index contributed by atoms with van der Waals surface area (Å²) in [6.45, 7) is 2.68. The van der Waals surface area contributed by atoms with Gasteiger partial charge < -0.3 is 10.6 Å². The number of amides is 1. The zero-order valence-electron chi connectivity index (χ0n) is 14.5. The van der Waals surface area contributed by atoms with Crippen molar-refractivity contribution in [3.05, 3.63) is 88.6 Å². The fourth-order valence-corrected chi connectivity index (χ4v) is 2.71. The molecule has 0 bridgehead atoms. The molecule has 0 aliphatic rings. The number of anilines is 2. The summed E-state index contributed by atoms with van der Waals surface area (Å²) in [5, 5.41) is 6.89. The third-order valence-corrected chi connectivity index (χ3v) is 4.30. The molecule has 132 valence electrons. The number of halogens is 1. The van der Waals surface area contributed by atoms with Crippen molar-refractivity contribution in [3.8, 4) is 0 Å². The zero-order valence-corrected chi connectivity index (χ0v) is 15.3. The van der Waals surface area contributed by atoms with E-state index in [4.69, 9.17) is 11.6 Å². The summed E-state index contributed by atoms with van der Waals surface area (Å²) < 4.78 is 0. The van der Waals surface area contributed by atoms with E-state index in [1.165, 1.54) is 5.56 Å². The Balaban J connectivity index is 1.52. The van der Waals surface area contributed by atoms with E-state index in [1.54, 1.807) is 6.20 Å². The van der Waals surface area contributed by atoms with Crippen LogP contribution >= 0.6 is 11.6 Å². The highest BCUT2D eigenvalue weighted by Crippen LogP contribution is 2.14. The second-order valence-electron chi connectivity index (χ2n) is 6.00. The molecule has 2 aromatic carbocycles. The minimum Gasteiger partial charge on any atom is -0.370 e. The standard InChI is InChI=1S/C21H20ClN3O/c1-15-4-2-3-5-19(15)21(26)25-18-10-11-20(24-14-18)23-13-12-16-6-8-17(22)9-7-16/h2-11,14H,12-13H2,1H3,(H,23,24)(H,25,26). The smallest absolute Gasteiger partial charge is 0.255 e. The van der Waals surface area contributed by atoms with E-state index in [-0.39, 0.29) is 5.91 Å². The van der Waals surface area contributed by atoms with Crippen molar-refractivity contribution in [3.63, 3.8) is 0 Å². The van der Waals surface area contributed by atoms with Crippen molar-refractivity contribution < 1.29 is 4.79 Å². The molecule has 0 radical (unpaired) electrons. The Kier molecular flexibility index (Phi) is 5.87. The highest BCUT2D eigenvalue weighted by Gasteiger charge is 2.08. The van der Waals surface area contributed by atoms with Gasteiger partial charge in [0.15, 0.2) is 0 Å². The molecule has 1 amide bonds. The fraction of sp³-hybridized carbons (Fsp3) is 0.143. The molecule has 26 heavy (non-hydrogen) atoms. The van der Waals surface area contributed by atoms with E-state index in [2.05, 4.69) is 15.6 Å². The maximum absolute atomic E-state index is 12.3. The summed E-state index contributed by atoms with van der Waals surface area (Å²) in [4.78, 5) is 16.7. The average Bonchev–Trinajstić information content (AvgIpc) is 2.65. The third-order valence-electron chi connectivity index (χ3n) is 4.04. The molecule has 5 heteroatoms. The number of nitrogens with zero attached hydrogens (tertiary/aromatic N) is 1. The van der Waals surface area contributed by atoms with Crippen LogP contribution in [-0.4, -0.2) is 17.4 Å². The number of benzene rings is 2. The van der Waals surface area contributed by atoms with Gasteiger partial charge in [-0.1, -0.05) is 41.9 Å². The largest absolute Gasteiger partial charge is 0.370 e. The van der Waals surface area contributed by atoms with E-state index in [1.807, 2.05) is 67.6 Å². The predicted molar refractivity (Wildman–Crippen MR) is 107 cm³/mol. The maximum Gasteiger partial charge on any atom is 0.255 e. The van der Waals surface area contributed by atoms with E-state index < -0.39 is 0 Å². The summed E-state index contributed by atoms with van der Waals surface area (Å²) in [7, 11) is 0. The number of hydrogen-bond donors (Lipinski definition) is 2. The molecule has 1 aromatic heterocycles. The lowest BCUT2D eigenvalue weighted by Crippen LogP contribution is -2.13. The Hall–Kier alpha value is -2.85. The zero-order chi connectivity index (χ0) is 18.4. The van der Waals surface area contributed by atoms with Crippen LogP contribution in [0.5, 0.6) is 0 Å². The second-order valence-corrected chi connectivity index (χ2v) is 6.44. The highest BCUT2D eigenvalue weighted by molar-refractivity contribution is 6.30. The SMILES string of the molecule is Cc1ccccc1C(=O)Nc1ccc(NCCc2ccc(Cl)cc2)nc1. The van der Waals surface area contributed by atoms with Crippen LogP contribution < -0.4 is 10.6 Å². The van der Waals surface area contributed by atoms with Crippen molar-refractivity contribution in [1.29, 1.82) is 0 Å². The van der Waals surface area contributed by atoms with E-state index in [0.717, 1.165) is 29.4 Å². The molecule has 4 nitrogen and oxygen atoms in total. The lowest BCUT2D eigenvalue weighted by atomic mass is 10.1. The van der Waals surface area contributed by atoms with Crippen molar-refractivity contribution in [2.45, 2.75) is 13.3 Å². The van der Waals surface area contributed by atoms with Gasteiger partial charge in [-0.05, 0) is 54.8 Å². The summed E-state index contributed by atoms with van der Waals surface area (Å²) in [5.41, 5.74) is 3.49. The van der Waals surface area contributed by atoms with Crippen molar-refractivity contribution in [2.75, 3.05) is 17.2 Å². The minimum atomic E-state index is -0.131. The van der Waals surface area contributed by atoms with Crippen LogP contribution in [0.2, 0.25) is 5.02 Å². The number of nitrogens with one attached hydrogen (secondary N) is 2. The Morgan fingerprint density at radius 3 is 2.50 bits per heavy atom. The first-order chi connectivity index (χ1) is 12.6. The van der Waals surface area contributed by atoms with Gasteiger partial charge in [-0.3, -0.25) is 4.79 Å². The van der Waals surface area contributed by atoms with Crippen LogP contribution in [0.25, 0.3) is 0 Å². The van der Waals surface area contributed by atoms with E-state index >= 15 is 0 Å². The van der Waals surface area contributed by atoms with Crippen LogP contribution in [0.15, 0.2) is 66.9 Å². The molecule has 0 aliphatic carbocycles. The van der Waals surface area contributed by atoms with Gasteiger partial charge in [0.1, 0.15) is 5.82 Å². The normalized spacial score (nSPS) is 10.4. The number of hydrogen-bond acceptors (Lipinski definition) is 3. The Morgan fingerprint density at radius 2 is 1.81 bits per heavy atom. The maximum atomic E-state index is 12.3. The molecular formula is C21H20ClN3O. The number of rotatable bonds is 6. The number of aryl methyl sites for hydroxylation is 1. The minimum absolute atomic E-state index is 0.131. The van der Waals surface area contributed by atoms with Gasteiger partial charge in [0.05, 0.1) is 11.9 Å². The van der Waals surface area contributed by atoms with Gasteiger partial charge in [-0.2, -0.15) is 0 Å². The summed E-state index contributed by atoms with van der Waals surface area (Å²) in [6, 6.07) is 19.0. The molecule has 1 heterocycles. The molecule has 0 saturated heterocycles. The van der Waals surface area contributed by atoms with Gasteiger partial charge in [-0.15, -0.1) is 0 Å². The number of carbonyl (C=O) groups excluding carboxylic acids is 1. The van der Waals surface area contributed by atoms with Gasteiger partial charge in [0.25, 0.3) is 5.91 Å². The number of aromatic nitrogens is 1. The van der Waals surface area contributed by atoms with E-state index in [0.29, 0.717) is 11.3 Å². The average molecular weight is 366 g/mol. The second kappa shape index (κ2) is 8.50. The number of pyridine rings is 1. The van der Waals surface area contributed by atoms with Crippen LogP contribution in [0.3, 0.4) is 0 Å². The van der Waals surface area contributed by atoms with Gasteiger partial charge in [0, 0.05) is 17.1 Å². The molecule has 0 unspecified atom stereocenters. The van der Waals surface area contributed by atoms with Gasteiger partial charge in [0.2, 0.25) is 0 Å². The van der Waals surface area contributed by atoms with Gasteiger partial charge >= 0.3 is 0 Å². The van der Waals surface area contributed by atoms with E-state index in [9.17, 15) is 4.79 Å². The fourth-order valence-electron chi connectivity index (χ4n) is 2.58. The van der Waals surface area contributed by atoms with Gasteiger partial charge in [-0.25, -0.2) is 4.98 Å². The third kappa shape index (κ3) is 4.83. The molecule has 0 fully saturated rings. The first-order valence-electron chi connectivity index (χ1n) is 8.43. The summed E-state index contributed by atoms with van der Waals surface area (Å²) in [6.07, 6.45) is 2.53. The van der Waals surface area contributed by atoms with Crippen LogP contribution in [-0.2, 0) is 6.42 Å². The van der Waals surface area contributed by atoms with Crippen molar-refractivity contribution >= 4 is 29.0 Å². The first kappa shape index (κ1) is 18.0. The molecule has 2 N–H and O–H groups in total. The Labute approximate surface area is 158 Å². The van der Waals surface area contributed by atoms with Crippen LogP contribution in [0.1, 0.15) is 21.5 Å². The monoisotopic (exact) mass is 365 g/mol. The van der Waals surface area contributed by atoms with Crippen LogP contribution in [0, 0.1) is 6.92 Å². The molecule has 3 aromatic rings. The Morgan fingerprint density at radius 1 is 1.04 bits per heavy atom. The topological polar surface area (TPSA) is 54.0 Å². The predicted octanol–water partition coefficient (Wildman–Crippen LogP) is 4.95. The van der Waals surface area contributed by atoms with Crippen LogP contribution in [0.4, 0.5) is 11.5 Å². The van der Waals surface area contributed by atoms with Crippen molar-refractivity contribution in [1.82, 2.24) is 4.98 Å². The molecule has 0 atom stereocenters. The molecular weight excluding hydrogens is 346 g/mol.